The molecular weight excluding hydrogens is 322 g/mol. The van der Waals surface area contributed by atoms with Crippen LogP contribution in [0.1, 0.15) is 32.6 Å². The van der Waals surface area contributed by atoms with Crippen LogP contribution in [0.2, 0.25) is 0 Å². The molecule has 128 valence electrons. The highest BCUT2D eigenvalue weighted by molar-refractivity contribution is 7.99. The molecule has 0 bridgehead atoms. The minimum atomic E-state index is 0.0761. The maximum absolute atomic E-state index is 12.2. The van der Waals surface area contributed by atoms with Gasteiger partial charge in [-0.25, -0.2) is 0 Å². The number of nitrogens with one attached hydrogen (secondary N) is 1. The maximum atomic E-state index is 12.2. The van der Waals surface area contributed by atoms with Crippen molar-refractivity contribution in [2.45, 2.75) is 43.8 Å². The zero-order chi connectivity index (χ0) is 16.9. The Bertz CT molecular complexity index is 688. The third-order valence-corrected chi connectivity index (χ3v) is 5.58. The molecule has 2 heterocycles. The summed E-state index contributed by atoms with van der Waals surface area (Å²) in [6, 6.07) is 4.12. The van der Waals surface area contributed by atoms with Crippen molar-refractivity contribution in [3.63, 3.8) is 0 Å². The molecule has 2 aromatic heterocycles. The lowest BCUT2D eigenvalue weighted by Gasteiger charge is -2.29. The van der Waals surface area contributed by atoms with E-state index >= 15 is 0 Å². The Morgan fingerprint density at radius 2 is 2.04 bits per heavy atom. The molecule has 7 heteroatoms. The van der Waals surface area contributed by atoms with Gasteiger partial charge in [0.1, 0.15) is 0 Å². The highest BCUT2D eigenvalue weighted by Crippen LogP contribution is 2.25. The Morgan fingerprint density at radius 1 is 1.29 bits per heavy atom. The van der Waals surface area contributed by atoms with Gasteiger partial charge in [0.15, 0.2) is 11.0 Å². The molecule has 0 radical (unpaired) electrons. The Hall–Kier alpha value is -1.89. The lowest BCUT2D eigenvalue weighted by atomic mass is 9.86. The monoisotopic (exact) mass is 345 g/mol. The van der Waals surface area contributed by atoms with E-state index in [0.717, 1.165) is 23.0 Å². The summed E-state index contributed by atoms with van der Waals surface area (Å²) in [4.78, 5) is 16.2. The van der Waals surface area contributed by atoms with Crippen LogP contribution < -0.4 is 5.32 Å². The van der Waals surface area contributed by atoms with E-state index in [1.807, 2.05) is 23.7 Å². The minimum Gasteiger partial charge on any atom is -0.352 e. The van der Waals surface area contributed by atoms with Crippen molar-refractivity contribution in [3.8, 4) is 11.4 Å². The molecule has 1 fully saturated rings. The van der Waals surface area contributed by atoms with E-state index in [-0.39, 0.29) is 5.91 Å². The van der Waals surface area contributed by atoms with Crippen LogP contribution in [0.3, 0.4) is 0 Å². The number of thioether (sulfide) groups is 1. The van der Waals surface area contributed by atoms with Crippen LogP contribution in [-0.2, 0) is 11.8 Å². The molecule has 0 spiro atoms. The van der Waals surface area contributed by atoms with Crippen molar-refractivity contribution < 1.29 is 4.79 Å². The Balaban J connectivity index is 1.57. The van der Waals surface area contributed by atoms with Crippen molar-refractivity contribution >= 4 is 17.7 Å². The van der Waals surface area contributed by atoms with Gasteiger partial charge >= 0.3 is 0 Å². The first-order chi connectivity index (χ1) is 11.6. The molecular formula is C17H23N5OS. The van der Waals surface area contributed by atoms with E-state index in [4.69, 9.17) is 0 Å². The summed E-state index contributed by atoms with van der Waals surface area (Å²) in [5.41, 5.74) is 0.965. The normalized spacial score (nSPS) is 20.8. The second kappa shape index (κ2) is 7.79. The topological polar surface area (TPSA) is 72.7 Å². The summed E-state index contributed by atoms with van der Waals surface area (Å²) in [6.07, 6.45) is 8.25. The first-order valence-electron chi connectivity index (χ1n) is 8.37. The fourth-order valence-electron chi connectivity index (χ4n) is 3.10. The molecule has 0 unspecified atom stereocenters. The molecule has 1 amide bonds. The molecule has 6 nitrogen and oxygen atoms in total. The quantitative estimate of drug-likeness (QED) is 0.844. The Labute approximate surface area is 146 Å². The summed E-state index contributed by atoms with van der Waals surface area (Å²) < 4.78 is 1.91. The van der Waals surface area contributed by atoms with Gasteiger partial charge in [-0.1, -0.05) is 31.5 Å². The molecule has 2 aromatic rings. The van der Waals surface area contributed by atoms with Gasteiger partial charge < -0.3 is 9.88 Å². The van der Waals surface area contributed by atoms with E-state index in [2.05, 4.69) is 27.4 Å². The molecule has 0 aliphatic heterocycles. The van der Waals surface area contributed by atoms with Gasteiger partial charge in [0.2, 0.25) is 5.91 Å². The zero-order valence-electron chi connectivity index (χ0n) is 14.1. The molecule has 0 saturated heterocycles. The van der Waals surface area contributed by atoms with E-state index in [1.165, 1.54) is 31.0 Å². The number of aromatic nitrogens is 4. The molecule has 1 saturated carbocycles. The molecule has 0 aromatic carbocycles. The first kappa shape index (κ1) is 17.0. The average molecular weight is 345 g/mol. The number of carbonyl (C=O) groups is 1. The number of amides is 1. The molecule has 1 N–H and O–H groups in total. The Morgan fingerprint density at radius 3 is 2.79 bits per heavy atom. The van der Waals surface area contributed by atoms with Crippen molar-refractivity contribution in [1.82, 2.24) is 25.1 Å². The molecule has 2 atom stereocenters. The average Bonchev–Trinajstić information content (AvgIpc) is 2.97. The predicted octanol–water partition coefficient (Wildman–Crippen LogP) is 2.66. The van der Waals surface area contributed by atoms with Crippen LogP contribution in [0.25, 0.3) is 11.4 Å². The van der Waals surface area contributed by atoms with Crippen molar-refractivity contribution in [2.75, 3.05) is 5.75 Å². The minimum absolute atomic E-state index is 0.0761. The third kappa shape index (κ3) is 3.95. The summed E-state index contributed by atoms with van der Waals surface area (Å²) in [5, 5.41) is 12.3. The van der Waals surface area contributed by atoms with Gasteiger partial charge in [-0.15, -0.1) is 10.2 Å². The highest BCUT2D eigenvalue weighted by atomic mass is 32.2. The van der Waals surface area contributed by atoms with Crippen molar-refractivity contribution in [3.05, 3.63) is 24.5 Å². The maximum Gasteiger partial charge on any atom is 0.230 e. The number of rotatable bonds is 5. The van der Waals surface area contributed by atoms with Gasteiger partial charge in [-0.2, -0.15) is 0 Å². The van der Waals surface area contributed by atoms with E-state index in [1.54, 1.807) is 12.4 Å². The third-order valence-electron chi connectivity index (χ3n) is 4.56. The van der Waals surface area contributed by atoms with E-state index in [9.17, 15) is 4.79 Å². The summed E-state index contributed by atoms with van der Waals surface area (Å²) in [7, 11) is 1.92. The van der Waals surface area contributed by atoms with Crippen molar-refractivity contribution in [1.29, 1.82) is 0 Å². The number of hydrogen-bond donors (Lipinski definition) is 1. The van der Waals surface area contributed by atoms with Crippen LogP contribution >= 0.6 is 11.8 Å². The molecule has 1 aliphatic rings. The van der Waals surface area contributed by atoms with Crippen LogP contribution in [0, 0.1) is 5.92 Å². The van der Waals surface area contributed by atoms with E-state index in [0.29, 0.717) is 17.7 Å². The van der Waals surface area contributed by atoms with Gasteiger partial charge in [-0.3, -0.25) is 9.78 Å². The summed E-state index contributed by atoms with van der Waals surface area (Å²) >= 11 is 1.42. The fraction of sp³-hybridized carbons (Fsp3) is 0.529. The van der Waals surface area contributed by atoms with Crippen LogP contribution in [-0.4, -0.2) is 37.5 Å². The van der Waals surface area contributed by atoms with Gasteiger partial charge in [0.25, 0.3) is 0 Å². The molecule has 1 aliphatic carbocycles. The Kier molecular flexibility index (Phi) is 5.50. The second-order valence-corrected chi connectivity index (χ2v) is 7.27. The summed E-state index contributed by atoms with van der Waals surface area (Å²) in [5.74, 6) is 1.79. The lowest BCUT2D eigenvalue weighted by Crippen LogP contribution is -2.41. The standard InChI is InChI=1S/C17H23N5OS/c1-12-5-3-4-6-14(12)19-15(23)11-24-17-21-20-16(22(17)2)13-7-9-18-10-8-13/h7-10,12,14H,3-6,11H2,1-2H3,(H,19,23)/t12-,14-/m0/s1. The number of pyridine rings is 1. The van der Waals surface area contributed by atoms with Crippen LogP contribution in [0.15, 0.2) is 29.7 Å². The largest absolute Gasteiger partial charge is 0.352 e. The summed E-state index contributed by atoms with van der Waals surface area (Å²) in [6.45, 7) is 2.22. The number of hydrogen-bond acceptors (Lipinski definition) is 5. The van der Waals surface area contributed by atoms with Crippen LogP contribution in [0.5, 0.6) is 0 Å². The first-order valence-corrected chi connectivity index (χ1v) is 9.35. The molecule has 3 rings (SSSR count). The van der Waals surface area contributed by atoms with Gasteiger partial charge in [-0.05, 0) is 30.9 Å². The lowest BCUT2D eigenvalue weighted by molar-refractivity contribution is -0.119. The highest BCUT2D eigenvalue weighted by Gasteiger charge is 2.23. The van der Waals surface area contributed by atoms with Crippen molar-refractivity contribution in [2.24, 2.45) is 13.0 Å². The second-order valence-electron chi connectivity index (χ2n) is 6.33. The van der Waals surface area contributed by atoms with Crippen LogP contribution in [0.4, 0.5) is 0 Å². The number of nitrogens with zero attached hydrogens (tertiary/aromatic N) is 4. The predicted molar refractivity (Wildman–Crippen MR) is 94.5 cm³/mol. The molecule has 24 heavy (non-hydrogen) atoms. The van der Waals surface area contributed by atoms with E-state index < -0.39 is 0 Å². The zero-order valence-corrected chi connectivity index (χ0v) is 14.9. The van der Waals surface area contributed by atoms with Gasteiger partial charge in [0.05, 0.1) is 5.75 Å². The smallest absolute Gasteiger partial charge is 0.230 e. The van der Waals surface area contributed by atoms with Gasteiger partial charge in [0, 0.05) is 31.0 Å². The number of carbonyl (C=O) groups excluding carboxylic acids is 1. The fourth-order valence-corrected chi connectivity index (χ4v) is 3.82. The SMILES string of the molecule is C[C@H]1CCCC[C@@H]1NC(=O)CSc1nnc(-c2ccncc2)n1C.